The number of carboxylic acid groups (broad SMARTS) is 1. The predicted molar refractivity (Wildman–Crippen MR) is 68.5 cm³/mol. The topological polar surface area (TPSA) is 75.1 Å². The van der Waals surface area contributed by atoms with E-state index in [4.69, 9.17) is 5.11 Å². The minimum Gasteiger partial charge on any atom is -0.480 e. The third kappa shape index (κ3) is 3.66. The quantitative estimate of drug-likeness (QED) is 0.866. The molecule has 1 heterocycles. The van der Waals surface area contributed by atoms with Crippen LogP contribution in [0.5, 0.6) is 0 Å². The van der Waals surface area contributed by atoms with Crippen molar-refractivity contribution in [3.8, 4) is 0 Å². The number of hydrogen-bond acceptors (Lipinski definition) is 5. The van der Waals surface area contributed by atoms with Gasteiger partial charge in [-0.1, -0.05) is 34.6 Å². The maximum absolute atomic E-state index is 11.0. The van der Waals surface area contributed by atoms with Crippen LogP contribution in [0.2, 0.25) is 0 Å². The molecule has 5 nitrogen and oxygen atoms in total. The highest BCUT2D eigenvalue weighted by atomic mass is 32.1. The first-order valence-corrected chi connectivity index (χ1v) is 6.32. The maximum atomic E-state index is 11.0. The Labute approximate surface area is 105 Å². The molecule has 0 aliphatic carbocycles. The van der Waals surface area contributed by atoms with Crippen molar-refractivity contribution in [3.05, 3.63) is 5.82 Å². The van der Waals surface area contributed by atoms with Gasteiger partial charge in [0.05, 0.1) is 0 Å². The molecule has 0 saturated carbocycles. The molecular weight excluding hydrogens is 238 g/mol. The number of aliphatic carboxylic acids is 1. The molecule has 0 radical (unpaired) electrons. The number of nitrogens with one attached hydrogen (secondary N) is 1. The zero-order valence-electron chi connectivity index (χ0n) is 10.8. The molecule has 1 rings (SSSR count). The van der Waals surface area contributed by atoms with Gasteiger partial charge in [-0.3, -0.25) is 0 Å². The SMILES string of the molecule is CC(C)C(Nc1nc(C(C)(C)C)ns1)C(=O)O. The minimum atomic E-state index is -0.868. The summed E-state index contributed by atoms with van der Waals surface area (Å²) < 4.78 is 4.23. The summed E-state index contributed by atoms with van der Waals surface area (Å²) in [5, 5.41) is 12.5. The predicted octanol–water partition coefficient (Wildman–Crippen LogP) is 2.36. The number of carbonyl (C=O) groups is 1. The molecule has 0 aromatic carbocycles. The van der Waals surface area contributed by atoms with Gasteiger partial charge in [0.15, 0.2) is 0 Å². The fourth-order valence-corrected chi connectivity index (χ4v) is 2.03. The van der Waals surface area contributed by atoms with Gasteiger partial charge in [-0.2, -0.15) is 4.37 Å². The molecule has 17 heavy (non-hydrogen) atoms. The van der Waals surface area contributed by atoms with Crippen LogP contribution in [0.3, 0.4) is 0 Å². The molecule has 1 atom stereocenters. The summed E-state index contributed by atoms with van der Waals surface area (Å²) in [6, 6.07) is -0.629. The largest absolute Gasteiger partial charge is 0.480 e. The molecule has 0 amide bonds. The summed E-state index contributed by atoms with van der Waals surface area (Å²) >= 11 is 1.20. The summed E-state index contributed by atoms with van der Waals surface area (Å²) in [6.07, 6.45) is 0. The van der Waals surface area contributed by atoms with E-state index < -0.39 is 12.0 Å². The smallest absolute Gasteiger partial charge is 0.326 e. The lowest BCUT2D eigenvalue weighted by Crippen LogP contribution is -2.34. The highest BCUT2D eigenvalue weighted by Crippen LogP contribution is 2.24. The normalized spacial score (nSPS) is 13.8. The zero-order chi connectivity index (χ0) is 13.2. The van der Waals surface area contributed by atoms with Crippen molar-refractivity contribution in [2.45, 2.75) is 46.1 Å². The van der Waals surface area contributed by atoms with Crippen LogP contribution in [0.15, 0.2) is 0 Å². The minimum absolute atomic E-state index is 0.00510. The Balaban J connectivity index is 2.81. The molecule has 0 fully saturated rings. The third-order valence-electron chi connectivity index (χ3n) is 2.31. The van der Waals surface area contributed by atoms with Crippen LogP contribution < -0.4 is 5.32 Å². The Bertz CT molecular complexity index is 396. The molecule has 1 aromatic heterocycles. The number of rotatable bonds is 4. The second-order valence-electron chi connectivity index (χ2n) is 5.38. The second-order valence-corrected chi connectivity index (χ2v) is 6.13. The zero-order valence-corrected chi connectivity index (χ0v) is 11.6. The van der Waals surface area contributed by atoms with Crippen LogP contribution in [-0.2, 0) is 10.2 Å². The average Bonchev–Trinajstić information content (AvgIpc) is 2.60. The average molecular weight is 257 g/mol. The first-order valence-electron chi connectivity index (χ1n) is 5.55. The van der Waals surface area contributed by atoms with Crippen molar-refractivity contribution in [2.75, 3.05) is 5.32 Å². The van der Waals surface area contributed by atoms with E-state index in [0.717, 1.165) is 5.82 Å². The number of anilines is 1. The van der Waals surface area contributed by atoms with Crippen molar-refractivity contribution in [1.29, 1.82) is 0 Å². The van der Waals surface area contributed by atoms with E-state index in [1.807, 2.05) is 34.6 Å². The molecule has 0 aliphatic rings. The van der Waals surface area contributed by atoms with Gasteiger partial charge in [-0.25, -0.2) is 9.78 Å². The van der Waals surface area contributed by atoms with Crippen LogP contribution in [0, 0.1) is 5.92 Å². The first-order chi connectivity index (χ1) is 7.71. The Hall–Kier alpha value is -1.17. The van der Waals surface area contributed by atoms with Gasteiger partial charge in [0.1, 0.15) is 11.9 Å². The van der Waals surface area contributed by atoms with Crippen LogP contribution >= 0.6 is 11.5 Å². The molecule has 6 heteroatoms. The first kappa shape index (κ1) is 13.9. The van der Waals surface area contributed by atoms with Gasteiger partial charge in [0, 0.05) is 16.9 Å². The molecule has 96 valence electrons. The number of aromatic nitrogens is 2. The molecular formula is C11H19N3O2S. The van der Waals surface area contributed by atoms with E-state index >= 15 is 0 Å². The van der Waals surface area contributed by atoms with E-state index in [1.165, 1.54) is 11.5 Å². The fraction of sp³-hybridized carbons (Fsp3) is 0.727. The van der Waals surface area contributed by atoms with Gasteiger partial charge < -0.3 is 10.4 Å². The third-order valence-corrected chi connectivity index (χ3v) is 2.95. The summed E-state index contributed by atoms with van der Waals surface area (Å²) in [5.74, 6) is -0.139. The monoisotopic (exact) mass is 257 g/mol. The molecule has 0 aliphatic heterocycles. The number of carboxylic acids is 1. The molecule has 1 unspecified atom stereocenters. The van der Waals surface area contributed by atoms with E-state index in [1.54, 1.807) is 0 Å². The lowest BCUT2D eigenvalue weighted by molar-refractivity contribution is -0.138. The van der Waals surface area contributed by atoms with Crippen LogP contribution in [0.1, 0.15) is 40.4 Å². The van der Waals surface area contributed by atoms with Crippen LogP contribution in [0.4, 0.5) is 5.13 Å². The summed E-state index contributed by atoms with van der Waals surface area (Å²) in [4.78, 5) is 15.4. The van der Waals surface area contributed by atoms with E-state index in [2.05, 4.69) is 14.7 Å². The van der Waals surface area contributed by atoms with Gasteiger partial charge in [0.25, 0.3) is 0 Å². The van der Waals surface area contributed by atoms with Crippen molar-refractivity contribution < 1.29 is 9.90 Å². The van der Waals surface area contributed by atoms with E-state index in [-0.39, 0.29) is 11.3 Å². The Morgan fingerprint density at radius 3 is 2.35 bits per heavy atom. The van der Waals surface area contributed by atoms with Gasteiger partial charge >= 0.3 is 5.97 Å². The van der Waals surface area contributed by atoms with Gasteiger partial charge in [0.2, 0.25) is 5.13 Å². The lowest BCUT2D eigenvalue weighted by atomic mass is 9.96. The maximum Gasteiger partial charge on any atom is 0.326 e. The van der Waals surface area contributed by atoms with Crippen molar-refractivity contribution in [2.24, 2.45) is 5.92 Å². The second kappa shape index (κ2) is 5.00. The lowest BCUT2D eigenvalue weighted by Gasteiger charge is -2.17. The summed E-state index contributed by atoms with van der Waals surface area (Å²) in [6.45, 7) is 9.79. The standard InChI is InChI=1S/C11H19N3O2S/c1-6(2)7(8(15)16)12-10-13-9(14-17-10)11(3,4)5/h6-7H,1-5H3,(H,15,16)(H,12,13,14). The fourth-order valence-electron chi connectivity index (χ4n) is 1.23. The van der Waals surface area contributed by atoms with Crippen molar-refractivity contribution in [1.82, 2.24) is 9.36 Å². The van der Waals surface area contributed by atoms with E-state index in [9.17, 15) is 4.79 Å². The highest BCUT2D eigenvalue weighted by Gasteiger charge is 2.24. The summed E-state index contributed by atoms with van der Waals surface area (Å²) in [7, 11) is 0. The molecule has 0 spiro atoms. The van der Waals surface area contributed by atoms with E-state index in [0.29, 0.717) is 5.13 Å². The molecule has 2 N–H and O–H groups in total. The Morgan fingerprint density at radius 2 is 2.00 bits per heavy atom. The number of hydrogen-bond donors (Lipinski definition) is 2. The van der Waals surface area contributed by atoms with Gasteiger partial charge in [-0.05, 0) is 5.92 Å². The summed E-state index contributed by atoms with van der Waals surface area (Å²) in [5.41, 5.74) is -0.118. The van der Waals surface area contributed by atoms with Crippen LogP contribution in [0.25, 0.3) is 0 Å². The highest BCUT2D eigenvalue weighted by molar-refractivity contribution is 7.09. The van der Waals surface area contributed by atoms with Crippen molar-refractivity contribution in [3.63, 3.8) is 0 Å². The van der Waals surface area contributed by atoms with Gasteiger partial charge in [-0.15, -0.1) is 0 Å². The Kier molecular flexibility index (Phi) is 4.08. The molecule has 0 bridgehead atoms. The number of nitrogens with zero attached hydrogens (tertiary/aromatic N) is 2. The van der Waals surface area contributed by atoms with Crippen molar-refractivity contribution >= 4 is 22.6 Å². The Morgan fingerprint density at radius 1 is 1.41 bits per heavy atom. The van der Waals surface area contributed by atoms with Crippen LogP contribution in [-0.4, -0.2) is 26.5 Å². The molecule has 0 saturated heterocycles. The molecule has 1 aromatic rings.